The highest BCUT2D eigenvalue weighted by atomic mass is 16.7. The van der Waals surface area contributed by atoms with Crippen LogP contribution < -0.4 is 5.73 Å². The minimum absolute atomic E-state index is 0.126. The van der Waals surface area contributed by atoms with Gasteiger partial charge in [0.15, 0.2) is 12.4 Å². The Morgan fingerprint density at radius 2 is 1.36 bits per heavy atom. The summed E-state index contributed by atoms with van der Waals surface area (Å²) in [5.41, 5.74) is 8.26. The summed E-state index contributed by atoms with van der Waals surface area (Å²) in [4.78, 5) is 25.3. The van der Waals surface area contributed by atoms with Crippen LogP contribution in [0.2, 0.25) is 0 Å². The number of benzene rings is 3. The molecule has 0 spiro atoms. The van der Waals surface area contributed by atoms with Crippen LogP contribution in [-0.4, -0.2) is 56.3 Å². The van der Waals surface area contributed by atoms with E-state index >= 15 is 0 Å². The first-order chi connectivity index (χ1) is 17.6. The summed E-state index contributed by atoms with van der Waals surface area (Å²) < 4.78 is 28.9. The van der Waals surface area contributed by atoms with Crippen LogP contribution in [0.3, 0.4) is 0 Å². The predicted molar refractivity (Wildman–Crippen MR) is 131 cm³/mol. The molecule has 8 nitrogen and oxygen atoms in total. The van der Waals surface area contributed by atoms with Gasteiger partial charge < -0.3 is 29.4 Å². The normalized spacial score (nSPS) is 23.6. The van der Waals surface area contributed by atoms with Gasteiger partial charge in [0.25, 0.3) is 0 Å². The van der Waals surface area contributed by atoms with Crippen molar-refractivity contribution in [2.75, 3.05) is 13.7 Å². The van der Waals surface area contributed by atoms with Crippen LogP contribution in [0.1, 0.15) is 26.3 Å². The van der Waals surface area contributed by atoms with Gasteiger partial charge in [0.1, 0.15) is 18.8 Å². The van der Waals surface area contributed by atoms with Gasteiger partial charge >= 0.3 is 11.9 Å². The van der Waals surface area contributed by atoms with Gasteiger partial charge in [-0.15, -0.1) is 0 Å². The summed E-state index contributed by atoms with van der Waals surface area (Å²) in [6, 6.07) is 26.0. The zero-order valence-corrected chi connectivity index (χ0v) is 19.9. The van der Waals surface area contributed by atoms with Crippen LogP contribution in [0.15, 0.2) is 91.0 Å². The fraction of sp³-hybridized carbons (Fsp3) is 0.286. The molecule has 0 radical (unpaired) electrons. The van der Waals surface area contributed by atoms with E-state index in [9.17, 15) is 9.59 Å². The topological polar surface area (TPSA) is 106 Å². The van der Waals surface area contributed by atoms with Crippen molar-refractivity contribution in [2.24, 2.45) is 5.73 Å². The molecular formula is C28H29NO7. The summed E-state index contributed by atoms with van der Waals surface area (Å²) >= 11 is 0. The maximum absolute atomic E-state index is 12.9. The second-order valence-electron chi connectivity index (χ2n) is 8.32. The maximum atomic E-state index is 12.9. The minimum Gasteiger partial charge on any atom is -0.459 e. The van der Waals surface area contributed by atoms with Gasteiger partial charge in [0.05, 0.1) is 23.8 Å². The number of esters is 2. The molecule has 8 heteroatoms. The van der Waals surface area contributed by atoms with Crippen molar-refractivity contribution in [1.82, 2.24) is 0 Å². The molecule has 4 rings (SSSR count). The van der Waals surface area contributed by atoms with Gasteiger partial charge in [0.2, 0.25) is 0 Å². The molecule has 2 N–H and O–H groups in total. The Balaban J connectivity index is 1.51. The Hall–Kier alpha value is -3.56. The molecule has 1 aliphatic rings. The van der Waals surface area contributed by atoms with Gasteiger partial charge in [-0.1, -0.05) is 66.7 Å². The van der Waals surface area contributed by atoms with Crippen LogP contribution in [0.5, 0.6) is 0 Å². The van der Waals surface area contributed by atoms with E-state index in [0.717, 1.165) is 5.56 Å². The quantitative estimate of drug-likeness (QED) is 0.454. The molecule has 0 aliphatic carbocycles. The fourth-order valence-electron chi connectivity index (χ4n) is 3.94. The molecular weight excluding hydrogens is 462 g/mol. The number of ether oxygens (including phenoxy) is 5. The lowest BCUT2D eigenvalue weighted by Gasteiger charge is -2.43. The van der Waals surface area contributed by atoms with Gasteiger partial charge in [-0.3, -0.25) is 0 Å². The monoisotopic (exact) mass is 491 g/mol. The van der Waals surface area contributed by atoms with Crippen LogP contribution in [0.25, 0.3) is 0 Å². The number of methoxy groups -OCH3 is 1. The first-order valence-electron chi connectivity index (χ1n) is 11.6. The third-order valence-corrected chi connectivity index (χ3v) is 5.87. The van der Waals surface area contributed by atoms with E-state index in [1.165, 1.54) is 7.11 Å². The Morgan fingerprint density at radius 1 is 0.806 bits per heavy atom. The van der Waals surface area contributed by atoms with Gasteiger partial charge in [0, 0.05) is 7.11 Å². The van der Waals surface area contributed by atoms with Crippen molar-refractivity contribution in [1.29, 1.82) is 0 Å². The highest BCUT2D eigenvalue weighted by molar-refractivity contribution is 5.89. The molecule has 5 atom stereocenters. The van der Waals surface area contributed by atoms with E-state index in [2.05, 4.69) is 0 Å². The molecule has 3 aromatic carbocycles. The lowest BCUT2D eigenvalue weighted by Crippen LogP contribution is -2.64. The predicted octanol–water partition coefficient (Wildman–Crippen LogP) is 3.35. The second-order valence-corrected chi connectivity index (χ2v) is 8.32. The molecule has 0 unspecified atom stereocenters. The van der Waals surface area contributed by atoms with Crippen LogP contribution in [0.4, 0.5) is 0 Å². The largest absolute Gasteiger partial charge is 0.459 e. The number of rotatable bonds is 9. The smallest absolute Gasteiger partial charge is 0.338 e. The van der Waals surface area contributed by atoms with Gasteiger partial charge in [-0.25, -0.2) is 9.59 Å². The molecule has 188 valence electrons. The Morgan fingerprint density at radius 3 is 1.94 bits per heavy atom. The lowest BCUT2D eigenvalue weighted by molar-refractivity contribution is -0.276. The Labute approximate surface area is 209 Å². The molecule has 3 aromatic rings. The third-order valence-electron chi connectivity index (χ3n) is 5.87. The molecule has 36 heavy (non-hydrogen) atoms. The average Bonchev–Trinajstić information content (AvgIpc) is 2.93. The first kappa shape index (κ1) is 25.5. The fourth-order valence-corrected chi connectivity index (χ4v) is 3.94. The number of hydrogen-bond acceptors (Lipinski definition) is 8. The van der Waals surface area contributed by atoms with Crippen molar-refractivity contribution in [2.45, 2.75) is 37.3 Å². The standard InChI is InChI=1S/C28H29NO7/c1-32-28-25(36-27(31)21-15-9-4-10-16-21)24(33-17-19-11-5-2-6-12-19)23(29)22(35-28)18-34-26(30)20-13-7-3-8-14-20/h2-16,22-25,28H,17-18,29H2,1H3/t22-,23-,24+,25-,28+/m1/s1. The van der Waals surface area contributed by atoms with Crippen LogP contribution in [0, 0.1) is 0 Å². The lowest BCUT2D eigenvalue weighted by atomic mass is 9.96. The summed E-state index contributed by atoms with van der Waals surface area (Å²) in [5.74, 6) is -1.06. The Kier molecular flexibility index (Phi) is 8.80. The minimum atomic E-state index is -0.987. The highest BCUT2D eigenvalue weighted by Gasteiger charge is 2.48. The van der Waals surface area contributed by atoms with E-state index < -0.39 is 42.6 Å². The van der Waals surface area contributed by atoms with E-state index in [-0.39, 0.29) is 13.2 Å². The third kappa shape index (κ3) is 6.35. The summed E-state index contributed by atoms with van der Waals surface area (Å²) in [5, 5.41) is 0. The number of carbonyl (C=O) groups excluding carboxylic acids is 2. The molecule has 0 saturated carbocycles. The van der Waals surface area contributed by atoms with Crippen LogP contribution >= 0.6 is 0 Å². The van der Waals surface area contributed by atoms with Gasteiger partial charge in [-0.05, 0) is 29.8 Å². The number of hydrogen-bond donors (Lipinski definition) is 1. The SMILES string of the molecule is CO[C@H]1O[C@H](COC(=O)c2ccccc2)[C@@H](N)[C@H](OCc2ccccc2)[C@H]1OC(=O)c1ccccc1. The maximum Gasteiger partial charge on any atom is 0.338 e. The van der Waals surface area contributed by atoms with Crippen molar-refractivity contribution < 1.29 is 33.3 Å². The van der Waals surface area contributed by atoms with Crippen molar-refractivity contribution in [3.05, 3.63) is 108 Å². The molecule has 1 aliphatic heterocycles. The zero-order valence-electron chi connectivity index (χ0n) is 19.9. The van der Waals surface area contributed by atoms with E-state index in [1.54, 1.807) is 48.5 Å². The zero-order chi connectivity index (χ0) is 25.3. The highest BCUT2D eigenvalue weighted by Crippen LogP contribution is 2.27. The summed E-state index contributed by atoms with van der Waals surface area (Å²) in [6.07, 6.45) is -3.49. The van der Waals surface area contributed by atoms with Crippen molar-refractivity contribution >= 4 is 11.9 Å². The first-order valence-corrected chi connectivity index (χ1v) is 11.6. The second kappa shape index (κ2) is 12.4. The number of carbonyl (C=O) groups is 2. The van der Waals surface area contributed by atoms with Crippen LogP contribution in [-0.2, 0) is 30.3 Å². The average molecular weight is 492 g/mol. The van der Waals surface area contributed by atoms with E-state index in [1.807, 2.05) is 42.5 Å². The molecule has 0 amide bonds. The summed E-state index contributed by atoms with van der Waals surface area (Å²) in [7, 11) is 1.44. The van der Waals surface area contributed by atoms with E-state index in [0.29, 0.717) is 11.1 Å². The molecule has 0 aromatic heterocycles. The molecule has 1 heterocycles. The molecule has 0 bridgehead atoms. The summed E-state index contributed by atoms with van der Waals surface area (Å²) in [6.45, 7) is 0.102. The molecule has 1 saturated heterocycles. The van der Waals surface area contributed by atoms with Gasteiger partial charge in [-0.2, -0.15) is 0 Å². The van der Waals surface area contributed by atoms with Crippen molar-refractivity contribution in [3.63, 3.8) is 0 Å². The Bertz CT molecular complexity index is 1110. The number of nitrogens with two attached hydrogens (primary N) is 1. The van der Waals surface area contributed by atoms with Crippen molar-refractivity contribution in [3.8, 4) is 0 Å². The van der Waals surface area contributed by atoms with E-state index in [4.69, 9.17) is 29.4 Å². The molecule has 1 fully saturated rings.